The molecule has 0 unspecified atom stereocenters. The number of hydrogen-bond acceptors (Lipinski definition) is 2. The van der Waals surface area contributed by atoms with Crippen LogP contribution in [0.2, 0.25) is 0 Å². The maximum absolute atomic E-state index is 5.69. The Morgan fingerprint density at radius 3 is 2.53 bits per heavy atom. The molecule has 2 nitrogen and oxygen atoms in total. The van der Waals surface area contributed by atoms with Crippen molar-refractivity contribution < 1.29 is 9.47 Å². The number of allylic oxidation sites excluding steroid dienone is 2. The molecule has 3 heteroatoms. The van der Waals surface area contributed by atoms with Gasteiger partial charge in [-0.25, -0.2) is 0 Å². The van der Waals surface area contributed by atoms with Crippen LogP contribution in [0.3, 0.4) is 0 Å². The Balaban J connectivity index is 1.93. The standard InChI is InChI=1S/C14H11BrO2/c15-13-4-1-10(2-5-13)14-6-3-11-7-16-8-12(11)9-17-14/h1-6,9H,7-8H2. The highest BCUT2D eigenvalue weighted by molar-refractivity contribution is 9.10. The smallest absolute Gasteiger partial charge is 0.133 e. The molecule has 2 aliphatic rings. The van der Waals surface area contributed by atoms with Gasteiger partial charge in [-0.3, -0.25) is 0 Å². The zero-order valence-corrected chi connectivity index (χ0v) is 10.7. The number of benzene rings is 1. The van der Waals surface area contributed by atoms with Gasteiger partial charge in [0.25, 0.3) is 0 Å². The summed E-state index contributed by atoms with van der Waals surface area (Å²) < 4.78 is 12.1. The third kappa shape index (κ3) is 2.21. The van der Waals surface area contributed by atoms with Crippen LogP contribution in [0.1, 0.15) is 5.56 Å². The lowest BCUT2D eigenvalue weighted by molar-refractivity contribution is 0.213. The van der Waals surface area contributed by atoms with Crippen LogP contribution in [-0.4, -0.2) is 13.2 Å². The fraction of sp³-hybridized carbons (Fsp3) is 0.143. The molecule has 2 heterocycles. The molecule has 0 spiro atoms. The lowest BCUT2D eigenvalue weighted by Gasteiger charge is -2.05. The molecule has 0 saturated carbocycles. The Morgan fingerprint density at radius 2 is 1.71 bits per heavy atom. The molecule has 0 amide bonds. The number of ether oxygens (including phenoxy) is 2. The Hall–Kier alpha value is -1.32. The van der Waals surface area contributed by atoms with Crippen molar-refractivity contribution in [3.05, 3.63) is 63.9 Å². The van der Waals surface area contributed by atoms with E-state index in [2.05, 4.69) is 22.0 Å². The van der Waals surface area contributed by atoms with Gasteiger partial charge in [0.15, 0.2) is 0 Å². The SMILES string of the molecule is Brc1ccc(C2=CC=C3COCC3=CO2)cc1. The number of hydrogen-bond donors (Lipinski definition) is 0. The highest BCUT2D eigenvalue weighted by Crippen LogP contribution is 2.27. The van der Waals surface area contributed by atoms with Crippen LogP contribution in [0.4, 0.5) is 0 Å². The van der Waals surface area contributed by atoms with E-state index < -0.39 is 0 Å². The van der Waals surface area contributed by atoms with E-state index in [1.54, 1.807) is 6.26 Å². The van der Waals surface area contributed by atoms with Gasteiger partial charge in [-0.05, 0) is 23.8 Å². The van der Waals surface area contributed by atoms with E-state index in [9.17, 15) is 0 Å². The normalized spacial score (nSPS) is 18.5. The first-order valence-electron chi connectivity index (χ1n) is 5.43. The second-order valence-electron chi connectivity index (χ2n) is 3.98. The number of fused-ring (bicyclic) bond motifs is 1. The van der Waals surface area contributed by atoms with E-state index in [-0.39, 0.29) is 0 Å². The van der Waals surface area contributed by atoms with Crippen molar-refractivity contribution in [3.8, 4) is 0 Å². The summed E-state index contributed by atoms with van der Waals surface area (Å²) in [6, 6.07) is 8.08. The molecule has 0 aromatic heterocycles. The van der Waals surface area contributed by atoms with E-state index in [1.807, 2.05) is 30.3 Å². The van der Waals surface area contributed by atoms with Crippen molar-refractivity contribution in [1.29, 1.82) is 0 Å². The van der Waals surface area contributed by atoms with E-state index in [0.717, 1.165) is 21.4 Å². The van der Waals surface area contributed by atoms with Crippen molar-refractivity contribution in [3.63, 3.8) is 0 Å². The molecule has 1 aromatic carbocycles. The Kier molecular flexibility index (Phi) is 2.87. The first kappa shape index (κ1) is 10.8. The van der Waals surface area contributed by atoms with Gasteiger partial charge in [0, 0.05) is 15.6 Å². The summed E-state index contributed by atoms with van der Waals surface area (Å²) in [5.74, 6) is 0.868. The maximum Gasteiger partial charge on any atom is 0.133 e. The molecule has 0 bridgehead atoms. The first-order valence-corrected chi connectivity index (χ1v) is 6.23. The van der Waals surface area contributed by atoms with Crippen LogP contribution in [0.15, 0.2) is 58.3 Å². The van der Waals surface area contributed by atoms with Crippen molar-refractivity contribution in [2.45, 2.75) is 0 Å². The molecule has 0 aliphatic carbocycles. The lowest BCUT2D eigenvalue weighted by atomic mass is 10.1. The monoisotopic (exact) mass is 290 g/mol. The average molecular weight is 291 g/mol. The predicted octanol–water partition coefficient (Wildman–Crippen LogP) is 3.66. The van der Waals surface area contributed by atoms with Crippen LogP contribution in [-0.2, 0) is 9.47 Å². The third-order valence-corrected chi connectivity index (χ3v) is 3.35. The summed E-state index contributed by atoms with van der Waals surface area (Å²) >= 11 is 3.42. The van der Waals surface area contributed by atoms with Gasteiger partial charge in [0.05, 0.1) is 19.5 Å². The van der Waals surface area contributed by atoms with Gasteiger partial charge < -0.3 is 9.47 Å². The van der Waals surface area contributed by atoms with Crippen LogP contribution in [0.5, 0.6) is 0 Å². The molecule has 0 atom stereocenters. The van der Waals surface area contributed by atoms with Crippen LogP contribution in [0, 0.1) is 0 Å². The van der Waals surface area contributed by atoms with Gasteiger partial charge in [-0.2, -0.15) is 0 Å². The van der Waals surface area contributed by atoms with Crippen molar-refractivity contribution in [1.82, 2.24) is 0 Å². The molecular formula is C14H11BrO2. The molecule has 86 valence electrons. The van der Waals surface area contributed by atoms with Gasteiger partial charge in [0.2, 0.25) is 0 Å². The van der Waals surface area contributed by atoms with E-state index in [1.165, 1.54) is 5.57 Å². The maximum atomic E-state index is 5.69. The van der Waals surface area contributed by atoms with Crippen molar-refractivity contribution in [2.75, 3.05) is 13.2 Å². The Labute approximate surface area is 108 Å². The van der Waals surface area contributed by atoms with Crippen molar-refractivity contribution >= 4 is 21.7 Å². The Morgan fingerprint density at radius 1 is 0.941 bits per heavy atom. The second kappa shape index (κ2) is 4.51. The zero-order chi connectivity index (χ0) is 11.7. The van der Waals surface area contributed by atoms with Gasteiger partial charge in [0.1, 0.15) is 5.76 Å². The quantitative estimate of drug-likeness (QED) is 0.786. The second-order valence-corrected chi connectivity index (χ2v) is 4.90. The van der Waals surface area contributed by atoms with E-state index >= 15 is 0 Å². The minimum atomic E-state index is 0.646. The number of halogens is 1. The number of rotatable bonds is 1. The van der Waals surface area contributed by atoms with Gasteiger partial charge in [-0.15, -0.1) is 0 Å². The van der Waals surface area contributed by atoms with Crippen molar-refractivity contribution in [2.24, 2.45) is 0 Å². The van der Waals surface area contributed by atoms with Crippen LogP contribution < -0.4 is 0 Å². The average Bonchev–Trinajstić information content (AvgIpc) is 2.70. The van der Waals surface area contributed by atoms with E-state index in [4.69, 9.17) is 9.47 Å². The highest BCUT2D eigenvalue weighted by Gasteiger charge is 2.16. The largest absolute Gasteiger partial charge is 0.464 e. The fourth-order valence-electron chi connectivity index (χ4n) is 1.85. The minimum Gasteiger partial charge on any atom is -0.464 e. The highest BCUT2D eigenvalue weighted by atomic mass is 79.9. The van der Waals surface area contributed by atoms with E-state index in [0.29, 0.717) is 13.2 Å². The summed E-state index contributed by atoms with van der Waals surface area (Å²) in [4.78, 5) is 0. The van der Waals surface area contributed by atoms with Gasteiger partial charge in [-0.1, -0.05) is 34.1 Å². The molecular weight excluding hydrogens is 280 g/mol. The molecule has 17 heavy (non-hydrogen) atoms. The summed E-state index contributed by atoms with van der Waals surface area (Å²) in [7, 11) is 0. The summed E-state index contributed by atoms with van der Waals surface area (Å²) in [5.41, 5.74) is 3.41. The Bertz CT molecular complexity index is 524. The zero-order valence-electron chi connectivity index (χ0n) is 9.15. The molecule has 1 aromatic rings. The predicted molar refractivity (Wildman–Crippen MR) is 70.2 cm³/mol. The van der Waals surface area contributed by atoms with Gasteiger partial charge >= 0.3 is 0 Å². The van der Waals surface area contributed by atoms with Crippen LogP contribution >= 0.6 is 15.9 Å². The fourth-order valence-corrected chi connectivity index (χ4v) is 2.11. The molecule has 3 rings (SSSR count). The topological polar surface area (TPSA) is 18.5 Å². The molecule has 0 N–H and O–H groups in total. The third-order valence-electron chi connectivity index (χ3n) is 2.82. The molecule has 1 saturated heterocycles. The molecule has 0 radical (unpaired) electrons. The molecule has 1 fully saturated rings. The minimum absolute atomic E-state index is 0.646. The molecule has 2 aliphatic heterocycles. The lowest BCUT2D eigenvalue weighted by Crippen LogP contribution is -1.87. The summed E-state index contributed by atoms with van der Waals surface area (Å²) in [6.07, 6.45) is 5.86. The first-order chi connectivity index (χ1) is 8.33. The summed E-state index contributed by atoms with van der Waals surface area (Å²) in [6.45, 7) is 1.33. The van der Waals surface area contributed by atoms with Crippen LogP contribution in [0.25, 0.3) is 5.76 Å². The summed E-state index contributed by atoms with van der Waals surface area (Å²) in [5, 5.41) is 0.